The second-order valence-electron chi connectivity index (χ2n) is 7.23. The molecule has 192 valence electrons. The van der Waals surface area contributed by atoms with E-state index < -0.39 is 62.5 Å². The largest absolute Gasteiger partial charge is 0.481 e. The zero-order valence-electron chi connectivity index (χ0n) is 17.9. The second kappa shape index (κ2) is 13.1. The van der Waals surface area contributed by atoms with Gasteiger partial charge in [0, 0.05) is 30.2 Å². The van der Waals surface area contributed by atoms with Gasteiger partial charge in [-0.1, -0.05) is 13.8 Å². The summed E-state index contributed by atoms with van der Waals surface area (Å²) in [6, 6.07) is -1.54. The summed E-state index contributed by atoms with van der Waals surface area (Å²) >= 11 is 0. The molecule has 0 aliphatic carbocycles. The Labute approximate surface area is 187 Å². The number of phosphoric ester groups is 1. The van der Waals surface area contributed by atoms with E-state index in [4.69, 9.17) is 9.79 Å². The molecular weight excluding hydrogens is 496 g/mol. The molecule has 17 nitrogen and oxygen atoms in total. The predicted molar refractivity (Wildman–Crippen MR) is 107 cm³/mol. The molecule has 0 spiro atoms. The van der Waals surface area contributed by atoms with Crippen molar-refractivity contribution in [2.75, 3.05) is 26.3 Å². The first kappa shape index (κ1) is 31.0. The smallest absolute Gasteiger partial charge is 0.459 e. The van der Waals surface area contributed by atoms with Crippen molar-refractivity contribution in [2.45, 2.75) is 39.3 Å². The van der Waals surface area contributed by atoms with Gasteiger partial charge in [0.25, 0.3) is 0 Å². The zero-order valence-corrected chi connectivity index (χ0v) is 19.7. The summed E-state index contributed by atoms with van der Waals surface area (Å²) in [7, 11) is -10.5. The Bertz CT molecular complexity index is 813. The molecule has 0 aromatic heterocycles. The number of carbonyl (C=O) groups is 3. The third kappa shape index (κ3) is 13.4. The predicted octanol–water partition coefficient (Wildman–Crippen LogP) is -1.57. The molecule has 0 aromatic rings. The van der Waals surface area contributed by atoms with Gasteiger partial charge in [-0.15, -0.1) is 0 Å². The molecule has 0 aliphatic heterocycles. The van der Waals surface area contributed by atoms with Gasteiger partial charge in [0.1, 0.15) is 12.7 Å². The summed E-state index contributed by atoms with van der Waals surface area (Å²) in [5.74, 6) is -2.60. The first-order chi connectivity index (χ1) is 14.9. The molecule has 0 saturated heterocycles. The average molecular weight is 523 g/mol. The summed E-state index contributed by atoms with van der Waals surface area (Å²) in [5, 5.41) is 25.1. The van der Waals surface area contributed by atoms with E-state index in [1.54, 1.807) is 0 Å². The van der Waals surface area contributed by atoms with Crippen molar-refractivity contribution in [3.63, 3.8) is 0 Å². The molecule has 0 heterocycles. The van der Waals surface area contributed by atoms with Crippen LogP contribution in [0.25, 0.3) is 0 Å². The van der Waals surface area contributed by atoms with Crippen molar-refractivity contribution < 1.29 is 61.8 Å². The number of nitro groups is 1. The molecule has 0 bridgehead atoms. The van der Waals surface area contributed by atoms with E-state index in [2.05, 4.69) is 24.2 Å². The van der Waals surface area contributed by atoms with Crippen molar-refractivity contribution in [2.24, 2.45) is 5.41 Å². The third-order valence-corrected chi connectivity index (χ3v) is 5.91. The molecular formula is C14H27N3O14P2. The van der Waals surface area contributed by atoms with E-state index in [1.165, 1.54) is 13.8 Å². The topological polar surface area (TPSA) is 261 Å². The molecule has 33 heavy (non-hydrogen) atoms. The number of aliphatic hydroxyl groups excluding tert-OH is 1. The summed E-state index contributed by atoms with van der Waals surface area (Å²) < 4.78 is 34.7. The SMILES string of the molecule is CC(C(=O)OCCNC(=O)CCNC(=O)[C@H](O)C(C)(C)COP(=O)(O)OP(=O)(O)O)[N+](=O)[O-]. The molecule has 0 saturated carbocycles. The minimum atomic E-state index is -5.33. The number of phosphoric acid groups is 2. The average Bonchev–Trinajstić information content (AvgIpc) is 2.66. The van der Waals surface area contributed by atoms with Gasteiger partial charge in [0.05, 0.1) is 13.2 Å². The number of hydrogen-bond donors (Lipinski definition) is 6. The normalized spacial score (nSPS) is 15.6. The van der Waals surface area contributed by atoms with Gasteiger partial charge in [0.2, 0.25) is 11.8 Å². The lowest BCUT2D eigenvalue weighted by atomic mass is 9.87. The molecule has 0 aliphatic rings. The van der Waals surface area contributed by atoms with Gasteiger partial charge >= 0.3 is 27.7 Å². The van der Waals surface area contributed by atoms with Gasteiger partial charge in [-0.3, -0.25) is 24.2 Å². The molecule has 6 N–H and O–H groups in total. The molecule has 0 radical (unpaired) electrons. The minimum Gasteiger partial charge on any atom is -0.459 e. The van der Waals surface area contributed by atoms with Crippen LogP contribution >= 0.6 is 15.6 Å². The maximum absolute atomic E-state index is 12.0. The van der Waals surface area contributed by atoms with Gasteiger partial charge < -0.3 is 35.2 Å². The summed E-state index contributed by atoms with van der Waals surface area (Å²) in [5.41, 5.74) is -1.51. The number of nitrogens with one attached hydrogen (secondary N) is 2. The van der Waals surface area contributed by atoms with E-state index in [-0.39, 0.29) is 26.1 Å². The number of aliphatic hydroxyl groups is 1. The standard InChI is InChI=1S/C14H27N3O14P2/c1-9(17(22)23)13(21)29-7-6-15-10(18)4-5-16-12(20)11(19)14(2,3)8-30-33(27,28)31-32(24,25)26/h9,11,19H,4-8H2,1-3H3,(H,15,18)(H,16,20)(H,27,28)(H2,24,25,26)/t9?,11-/m0/s1. The lowest BCUT2D eigenvalue weighted by molar-refractivity contribution is -0.506. The minimum absolute atomic E-state index is 0.131. The van der Waals surface area contributed by atoms with Crippen LogP contribution in [-0.2, 0) is 37.1 Å². The first-order valence-electron chi connectivity index (χ1n) is 9.15. The maximum Gasteiger partial charge on any atom is 0.481 e. The highest BCUT2D eigenvalue weighted by Gasteiger charge is 2.39. The summed E-state index contributed by atoms with van der Waals surface area (Å²) in [6.07, 6.45) is -2.05. The number of nitrogens with zero attached hydrogens (tertiary/aromatic N) is 1. The fourth-order valence-electron chi connectivity index (χ4n) is 1.87. The van der Waals surface area contributed by atoms with Crippen LogP contribution in [0.3, 0.4) is 0 Å². The Balaban J connectivity index is 4.34. The molecule has 0 aromatic carbocycles. The molecule has 2 unspecified atom stereocenters. The van der Waals surface area contributed by atoms with Gasteiger partial charge in [-0.2, -0.15) is 4.31 Å². The number of amides is 2. The quantitative estimate of drug-likeness (QED) is 0.0466. The highest BCUT2D eigenvalue weighted by molar-refractivity contribution is 7.60. The fraction of sp³-hybridized carbons (Fsp3) is 0.786. The fourth-order valence-corrected chi connectivity index (χ4v) is 3.63. The number of ether oxygens (including phenoxy) is 1. The van der Waals surface area contributed by atoms with Crippen molar-refractivity contribution in [1.29, 1.82) is 0 Å². The van der Waals surface area contributed by atoms with Crippen LogP contribution in [-0.4, -0.2) is 80.9 Å². The van der Waals surface area contributed by atoms with Crippen molar-refractivity contribution in [3.8, 4) is 0 Å². The van der Waals surface area contributed by atoms with Gasteiger partial charge in [-0.25, -0.2) is 13.9 Å². The molecule has 2 amide bonds. The van der Waals surface area contributed by atoms with E-state index in [1.807, 2.05) is 0 Å². The summed E-state index contributed by atoms with van der Waals surface area (Å²) in [4.78, 5) is 70.9. The Hall–Kier alpha value is -1.97. The monoisotopic (exact) mass is 523 g/mol. The van der Waals surface area contributed by atoms with Crippen LogP contribution in [0.5, 0.6) is 0 Å². The first-order valence-corrected chi connectivity index (χ1v) is 12.2. The Morgan fingerprint density at radius 3 is 2.21 bits per heavy atom. The molecule has 19 heteroatoms. The van der Waals surface area contributed by atoms with Crippen LogP contribution in [0.1, 0.15) is 27.2 Å². The van der Waals surface area contributed by atoms with Crippen molar-refractivity contribution >= 4 is 33.4 Å². The van der Waals surface area contributed by atoms with Gasteiger partial charge in [-0.05, 0) is 0 Å². The lowest BCUT2D eigenvalue weighted by Crippen LogP contribution is -2.46. The highest BCUT2D eigenvalue weighted by atomic mass is 31.3. The Morgan fingerprint density at radius 2 is 1.70 bits per heavy atom. The van der Waals surface area contributed by atoms with E-state index in [0.717, 1.165) is 6.92 Å². The van der Waals surface area contributed by atoms with Crippen LogP contribution in [0.4, 0.5) is 0 Å². The number of esters is 1. The maximum atomic E-state index is 12.0. The number of rotatable bonds is 15. The van der Waals surface area contributed by atoms with Crippen LogP contribution < -0.4 is 10.6 Å². The molecule has 0 fully saturated rings. The second-order valence-corrected chi connectivity index (χ2v) is 10.1. The van der Waals surface area contributed by atoms with Crippen molar-refractivity contribution in [3.05, 3.63) is 10.1 Å². The highest BCUT2D eigenvalue weighted by Crippen LogP contribution is 2.58. The van der Waals surface area contributed by atoms with Gasteiger partial charge in [0.15, 0.2) is 0 Å². The van der Waals surface area contributed by atoms with Crippen LogP contribution in [0.15, 0.2) is 0 Å². The molecule has 0 rings (SSSR count). The Morgan fingerprint density at radius 1 is 1.12 bits per heavy atom. The third-order valence-electron chi connectivity index (χ3n) is 3.78. The number of hydrogen-bond acceptors (Lipinski definition) is 11. The van der Waals surface area contributed by atoms with E-state index >= 15 is 0 Å². The lowest BCUT2D eigenvalue weighted by Gasteiger charge is -2.29. The zero-order chi connectivity index (χ0) is 26.0. The van der Waals surface area contributed by atoms with Crippen molar-refractivity contribution in [1.82, 2.24) is 10.6 Å². The number of carbonyl (C=O) groups excluding carboxylic acids is 3. The Kier molecular flexibility index (Phi) is 12.3. The van der Waals surface area contributed by atoms with E-state index in [9.17, 15) is 43.6 Å². The summed E-state index contributed by atoms with van der Waals surface area (Å²) in [6.45, 7) is 2.09. The molecule has 3 atom stereocenters. The van der Waals surface area contributed by atoms with Crippen LogP contribution in [0, 0.1) is 15.5 Å². The van der Waals surface area contributed by atoms with E-state index in [0.29, 0.717) is 0 Å². The van der Waals surface area contributed by atoms with Crippen LogP contribution in [0.2, 0.25) is 0 Å².